The normalized spacial score (nSPS) is 10.9. The molecule has 3 rings (SSSR count). The monoisotopic (exact) mass is 552 g/mol. The largest absolute Gasteiger partial charge is 0.486 e. The molecule has 0 aliphatic rings. The molecule has 0 saturated carbocycles. The van der Waals surface area contributed by atoms with Gasteiger partial charge in [-0.1, -0.05) is 51.8 Å². The minimum Gasteiger partial charge on any atom is -0.486 e. The third-order valence-corrected chi connectivity index (χ3v) is 5.40. The van der Waals surface area contributed by atoms with E-state index in [0.717, 1.165) is 10.0 Å². The molecule has 3 aromatic rings. The highest BCUT2D eigenvalue weighted by Crippen LogP contribution is 2.34. The van der Waals surface area contributed by atoms with E-state index in [4.69, 9.17) is 16.3 Å². The number of rotatable bonds is 7. The van der Waals surface area contributed by atoms with Gasteiger partial charge in [-0.05, 0) is 69.0 Å². The second kappa shape index (κ2) is 10.7. The van der Waals surface area contributed by atoms with Gasteiger partial charge in [0, 0.05) is 4.47 Å². The quantitative estimate of drug-likeness (QED) is 0.276. The first-order chi connectivity index (χ1) is 14.4. The van der Waals surface area contributed by atoms with Gasteiger partial charge in [-0.15, -0.1) is 0 Å². The van der Waals surface area contributed by atoms with Crippen LogP contribution in [0.2, 0.25) is 5.02 Å². The molecule has 0 aromatic heterocycles. The van der Waals surface area contributed by atoms with Crippen molar-refractivity contribution in [3.63, 3.8) is 0 Å². The molecular weight excluding hydrogens is 539 g/mol. The lowest BCUT2D eigenvalue weighted by Crippen LogP contribution is -2.19. The summed E-state index contributed by atoms with van der Waals surface area (Å²) < 4.78 is 20.4. The Hall–Kier alpha value is -2.22. The molecule has 4 nitrogen and oxygen atoms in total. The van der Waals surface area contributed by atoms with Gasteiger partial charge in [0.1, 0.15) is 12.4 Å². The number of amides is 1. The van der Waals surface area contributed by atoms with Gasteiger partial charge < -0.3 is 4.74 Å². The van der Waals surface area contributed by atoms with Crippen LogP contribution in [0.15, 0.2) is 74.7 Å². The zero-order valence-corrected chi connectivity index (χ0v) is 19.5. The molecule has 0 atom stereocenters. The topological polar surface area (TPSA) is 50.7 Å². The molecule has 0 unspecified atom stereocenters. The average molecular weight is 555 g/mol. The van der Waals surface area contributed by atoms with Crippen LogP contribution < -0.4 is 10.2 Å². The molecule has 0 bridgehead atoms. The molecule has 0 radical (unpaired) electrons. The van der Waals surface area contributed by atoms with Crippen LogP contribution in [0, 0.1) is 5.82 Å². The Bertz CT molecular complexity index is 1030. The maximum atomic E-state index is 12.9. The summed E-state index contributed by atoms with van der Waals surface area (Å²) in [7, 11) is 0. The van der Waals surface area contributed by atoms with Gasteiger partial charge in [-0.25, -0.2) is 9.82 Å². The Morgan fingerprint density at radius 2 is 1.73 bits per heavy atom. The van der Waals surface area contributed by atoms with E-state index in [-0.39, 0.29) is 18.1 Å². The highest BCUT2D eigenvalue weighted by atomic mass is 79.9. The minimum atomic E-state index is -0.344. The summed E-state index contributed by atoms with van der Waals surface area (Å²) in [6.45, 7) is 0.373. The van der Waals surface area contributed by atoms with Crippen LogP contribution in [0.4, 0.5) is 4.39 Å². The van der Waals surface area contributed by atoms with Crippen LogP contribution in [0.1, 0.15) is 16.7 Å². The van der Waals surface area contributed by atoms with Crippen molar-refractivity contribution in [2.24, 2.45) is 5.10 Å². The molecule has 0 heterocycles. The van der Waals surface area contributed by atoms with Crippen molar-refractivity contribution in [1.82, 2.24) is 5.43 Å². The summed E-state index contributed by atoms with van der Waals surface area (Å²) in [5.74, 6) is -0.126. The molecule has 0 aliphatic heterocycles. The number of hydrazone groups is 1. The lowest BCUT2D eigenvalue weighted by molar-refractivity contribution is -0.120. The molecule has 8 heteroatoms. The Labute approximate surface area is 195 Å². The van der Waals surface area contributed by atoms with Crippen molar-refractivity contribution in [3.05, 3.63) is 97.1 Å². The Morgan fingerprint density at radius 3 is 2.40 bits per heavy atom. The fourth-order valence-corrected chi connectivity index (χ4v) is 3.79. The molecule has 1 N–H and O–H groups in total. The average Bonchev–Trinajstić information content (AvgIpc) is 2.70. The van der Waals surface area contributed by atoms with Crippen molar-refractivity contribution in [2.75, 3.05) is 0 Å². The van der Waals surface area contributed by atoms with Gasteiger partial charge in [0.15, 0.2) is 5.75 Å². The second-order valence-corrected chi connectivity index (χ2v) is 8.50. The highest BCUT2D eigenvalue weighted by molar-refractivity contribution is 9.10. The summed E-state index contributed by atoms with van der Waals surface area (Å²) >= 11 is 13.2. The van der Waals surface area contributed by atoms with Crippen LogP contribution in [-0.4, -0.2) is 12.1 Å². The van der Waals surface area contributed by atoms with E-state index in [1.54, 1.807) is 24.3 Å². The van der Waals surface area contributed by atoms with Crippen molar-refractivity contribution < 1.29 is 13.9 Å². The van der Waals surface area contributed by atoms with Crippen molar-refractivity contribution in [3.8, 4) is 5.75 Å². The number of halogens is 4. The Kier molecular flexibility index (Phi) is 8.01. The fourth-order valence-electron chi connectivity index (χ4n) is 2.53. The van der Waals surface area contributed by atoms with Crippen molar-refractivity contribution >= 4 is 55.6 Å². The third-order valence-electron chi connectivity index (χ3n) is 4.00. The third kappa shape index (κ3) is 6.65. The first-order valence-electron chi connectivity index (χ1n) is 8.83. The highest BCUT2D eigenvalue weighted by Gasteiger charge is 2.10. The van der Waals surface area contributed by atoms with Gasteiger partial charge in [0.25, 0.3) is 0 Å². The summed E-state index contributed by atoms with van der Waals surface area (Å²) in [6.07, 6.45) is 1.59. The number of ether oxygens (including phenoxy) is 1. The molecule has 0 saturated heterocycles. The SMILES string of the molecule is O=C(Cc1ccc(F)cc1)N/N=C/c1cc(Cl)c(OCc2ccc(Br)cc2)c(Br)c1. The first kappa shape index (κ1) is 22.5. The number of benzene rings is 3. The fraction of sp³-hybridized carbons (Fsp3) is 0.0909. The minimum absolute atomic E-state index is 0.102. The molecule has 3 aromatic carbocycles. The van der Waals surface area contributed by atoms with Crippen LogP contribution >= 0.6 is 43.5 Å². The first-order valence-corrected chi connectivity index (χ1v) is 10.8. The van der Waals surface area contributed by atoms with Crippen LogP contribution in [0.25, 0.3) is 0 Å². The summed E-state index contributed by atoms with van der Waals surface area (Å²) in [5, 5.41) is 4.36. The van der Waals surface area contributed by atoms with E-state index in [2.05, 4.69) is 42.4 Å². The maximum absolute atomic E-state index is 12.9. The van der Waals surface area contributed by atoms with E-state index in [9.17, 15) is 9.18 Å². The van der Waals surface area contributed by atoms with Crippen molar-refractivity contribution in [2.45, 2.75) is 13.0 Å². The Balaban J connectivity index is 1.57. The zero-order chi connectivity index (χ0) is 21.5. The molecule has 30 heavy (non-hydrogen) atoms. The van der Waals surface area contributed by atoms with E-state index in [1.165, 1.54) is 18.3 Å². The predicted molar refractivity (Wildman–Crippen MR) is 123 cm³/mol. The van der Waals surface area contributed by atoms with Gasteiger partial charge in [0.05, 0.1) is 22.1 Å². The Morgan fingerprint density at radius 1 is 1.07 bits per heavy atom. The lowest BCUT2D eigenvalue weighted by atomic mass is 10.1. The van der Waals surface area contributed by atoms with E-state index < -0.39 is 0 Å². The number of hydrogen-bond acceptors (Lipinski definition) is 3. The number of carbonyl (C=O) groups is 1. The van der Waals surface area contributed by atoms with Gasteiger partial charge in [-0.2, -0.15) is 5.10 Å². The van der Waals surface area contributed by atoms with E-state index in [1.807, 2.05) is 24.3 Å². The van der Waals surface area contributed by atoms with Crippen LogP contribution in [0.3, 0.4) is 0 Å². The zero-order valence-electron chi connectivity index (χ0n) is 15.5. The molecule has 1 amide bonds. The summed E-state index contributed by atoms with van der Waals surface area (Å²) in [6, 6.07) is 17.0. The van der Waals surface area contributed by atoms with E-state index >= 15 is 0 Å². The van der Waals surface area contributed by atoms with Crippen LogP contribution in [-0.2, 0) is 17.8 Å². The smallest absolute Gasteiger partial charge is 0.244 e. The van der Waals surface area contributed by atoms with Gasteiger partial charge >= 0.3 is 0 Å². The molecular formula is C22H16Br2ClFN2O2. The van der Waals surface area contributed by atoms with Crippen molar-refractivity contribution in [1.29, 1.82) is 0 Å². The molecule has 0 aliphatic carbocycles. The maximum Gasteiger partial charge on any atom is 0.244 e. The number of nitrogens with zero attached hydrogens (tertiary/aromatic N) is 1. The number of carbonyl (C=O) groups excluding carboxylic acids is 1. The second-order valence-electron chi connectivity index (χ2n) is 6.33. The van der Waals surface area contributed by atoms with Gasteiger partial charge in [0.2, 0.25) is 5.91 Å². The molecule has 0 spiro atoms. The molecule has 154 valence electrons. The summed E-state index contributed by atoms with van der Waals surface area (Å²) in [5.41, 5.74) is 4.83. The number of nitrogens with one attached hydrogen (secondary N) is 1. The predicted octanol–water partition coefficient (Wildman–Crippen LogP) is 6.28. The van der Waals surface area contributed by atoms with Gasteiger partial charge in [-0.3, -0.25) is 4.79 Å². The van der Waals surface area contributed by atoms with E-state index in [0.29, 0.717) is 33.0 Å². The number of hydrogen-bond donors (Lipinski definition) is 1. The van der Waals surface area contributed by atoms with Crippen LogP contribution in [0.5, 0.6) is 5.75 Å². The summed E-state index contributed by atoms with van der Waals surface area (Å²) in [4.78, 5) is 11.9. The lowest BCUT2D eigenvalue weighted by Gasteiger charge is -2.11. The molecule has 0 fully saturated rings. The standard InChI is InChI=1S/C22H16Br2ClFN2O2/c23-17-5-1-15(2-6-17)13-30-22-19(24)9-16(10-20(22)25)12-27-28-21(29)11-14-3-7-18(26)8-4-14/h1-10,12H,11,13H2,(H,28,29)/b27-12+.